The number of rotatable bonds is 6. The van der Waals surface area contributed by atoms with Crippen molar-refractivity contribution in [3.05, 3.63) is 83.8 Å². The van der Waals surface area contributed by atoms with E-state index >= 15 is 0 Å². The van der Waals surface area contributed by atoms with E-state index in [1.165, 1.54) is 18.5 Å². The third-order valence-electron chi connectivity index (χ3n) is 3.46. The number of hydrogen-bond acceptors (Lipinski definition) is 5. The zero-order chi connectivity index (χ0) is 17.5. The Balaban J connectivity index is 1.60. The van der Waals surface area contributed by atoms with Crippen molar-refractivity contribution in [1.82, 2.24) is 20.6 Å². The average Bonchev–Trinajstić information content (AvgIpc) is 3.18. The summed E-state index contributed by atoms with van der Waals surface area (Å²) in [7, 11) is 0. The molecule has 0 bridgehead atoms. The number of hydrogen-bond donors (Lipinski definition) is 2. The van der Waals surface area contributed by atoms with Gasteiger partial charge in [0.1, 0.15) is 11.5 Å². The second kappa shape index (κ2) is 7.87. The van der Waals surface area contributed by atoms with Crippen LogP contribution in [0.4, 0.5) is 0 Å². The Labute approximate surface area is 144 Å². The molecule has 7 nitrogen and oxygen atoms in total. The first-order chi connectivity index (χ1) is 12.2. The molecule has 3 heterocycles. The lowest BCUT2D eigenvalue weighted by Crippen LogP contribution is -2.26. The second-order valence-corrected chi connectivity index (χ2v) is 5.23. The second-order valence-electron chi connectivity index (χ2n) is 5.23. The SMILES string of the molecule is O=C(NCc1ccncc1)c1ccnc(C(=O)NCc2ccco2)c1. The first-order valence-corrected chi connectivity index (χ1v) is 7.66. The van der Waals surface area contributed by atoms with Crippen LogP contribution in [0.1, 0.15) is 32.2 Å². The Morgan fingerprint density at radius 1 is 0.960 bits per heavy atom. The Morgan fingerprint density at radius 2 is 1.76 bits per heavy atom. The Morgan fingerprint density at radius 3 is 2.52 bits per heavy atom. The van der Waals surface area contributed by atoms with Crippen LogP contribution in [0.25, 0.3) is 0 Å². The predicted octanol–water partition coefficient (Wildman–Crippen LogP) is 1.93. The van der Waals surface area contributed by atoms with E-state index in [-0.39, 0.29) is 24.1 Å². The zero-order valence-electron chi connectivity index (χ0n) is 13.3. The monoisotopic (exact) mass is 336 g/mol. The number of nitrogens with one attached hydrogen (secondary N) is 2. The van der Waals surface area contributed by atoms with Crippen molar-refractivity contribution < 1.29 is 14.0 Å². The van der Waals surface area contributed by atoms with Crippen LogP contribution in [-0.4, -0.2) is 21.8 Å². The molecule has 2 N–H and O–H groups in total. The van der Waals surface area contributed by atoms with E-state index in [1.54, 1.807) is 30.6 Å². The van der Waals surface area contributed by atoms with E-state index in [2.05, 4.69) is 20.6 Å². The third-order valence-corrected chi connectivity index (χ3v) is 3.46. The maximum atomic E-state index is 12.2. The van der Waals surface area contributed by atoms with Crippen molar-refractivity contribution in [2.75, 3.05) is 0 Å². The van der Waals surface area contributed by atoms with Gasteiger partial charge in [-0.2, -0.15) is 0 Å². The van der Waals surface area contributed by atoms with Gasteiger partial charge in [0.15, 0.2) is 0 Å². The molecule has 0 radical (unpaired) electrons. The maximum Gasteiger partial charge on any atom is 0.270 e. The molecule has 25 heavy (non-hydrogen) atoms. The van der Waals surface area contributed by atoms with Gasteiger partial charge in [-0.25, -0.2) is 0 Å². The maximum absolute atomic E-state index is 12.2. The van der Waals surface area contributed by atoms with E-state index in [1.807, 2.05) is 12.1 Å². The summed E-state index contributed by atoms with van der Waals surface area (Å²) in [6.07, 6.45) is 6.29. The first kappa shape index (κ1) is 16.4. The van der Waals surface area contributed by atoms with Crippen molar-refractivity contribution in [3.8, 4) is 0 Å². The topological polar surface area (TPSA) is 97.1 Å². The van der Waals surface area contributed by atoms with Gasteiger partial charge in [0.25, 0.3) is 11.8 Å². The Bertz CT molecular complexity index is 848. The zero-order valence-corrected chi connectivity index (χ0v) is 13.3. The summed E-state index contributed by atoms with van der Waals surface area (Å²) in [4.78, 5) is 32.3. The van der Waals surface area contributed by atoms with Crippen LogP contribution in [0.15, 0.2) is 65.7 Å². The summed E-state index contributed by atoms with van der Waals surface area (Å²) in [6, 6.07) is 10.2. The third kappa shape index (κ3) is 4.51. The number of furan rings is 1. The number of aromatic nitrogens is 2. The van der Waals surface area contributed by atoms with Gasteiger partial charge >= 0.3 is 0 Å². The molecule has 0 aliphatic rings. The summed E-state index contributed by atoms with van der Waals surface area (Å²) < 4.78 is 5.15. The van der Waals surface area contributed by atoms with Crippen LogP contribution in [0.3, 0.4) is 0 Å². The van der Waals surface area contributed by atoms with Crippen molar-refractivity contribution in [1.29, 1.82) is 0 Å². The van der Waals surface area contributed by atoms with Crippen molar-refractivity contribution in [3.63, 3.8) is 0 Å². The molecule has 0 saturated carbocycles. The van der Waals surface area contributed by atoms with Gasteiger partial charge in [-0.3, -0.25) is 19.6 Å². The van der Waals surface area contributed by atoms with E-state index in [4.69, 9.17) is 4.42 Å². The lowest BCUT2D eigenvalue weighted by molar-refractivity contribution is 0.0943. The molecule has 7 heteroatoms. The van der Waals surface area contributed by atoms with Gasteiger partial charge in [0.2, 0.25) is 0 Å². The summed E-state index contributed by atoms with van der Waals surface area (Å²) >= 11 is 0. The molecule has 3 rings (SSSR count). The van der Waals surface area contributed by atoms with E-state index < -0.39 is 0 Å². The highest BCUT2D eigenvalue weighted by molar-refractivity contribution is 5.98. The van der Waals surface area contributed by atoms with Crippen molar-refractivity contribution in [2.24, 2.45) is 0 Å². The number of amides is 2. The standard InChI is InChI=1S/C18H16N4O3/c23-17(21-11-13-3-6-19-7-4-13)14-5-8-20-16(10-14)18(24)22-12-15-2-1-9-25-15/h1-10H,11-12H2,(H,21,23)(H,22,24). The normalized spacial score (nSPS) is 10.2. The van der Waals surface area contributed by atoms with Crippen LogP contribution < -0.4 is 10.6 Å². The van der Waals surface area contributed by atoms with Gasteiger partial charge in [-0.1, -0.05) is 0 Å². The highest BCUT2D eigenvalue weighted by Gasteiger charge is 2.12. The van der Waals surface area contributed by atoms with Gasteiger partial charge in [-0.15, -0.1) is 0 Å². The van der Waals surface area contributed by atoms with E-state index in [0.29, 0.717) is 17.9 Å². The fourth-order valence-electron chi connectivity index (χ4n) is 2.15. The molecule has 0 aromatic carbocycles. The number of carbonyl (C=O) groups excluding carboxylic acids is 2. The van der Waals surface area contributed by atoms with Gasteiger partial charge < -0.3 is 15.1 Å². The molecule has 0 aliphatic heterocycles. The van der Waals surface area contributed by atoms with Gasteiger partial charge in [-0.05, 0) is 42.0 Å². The molecule has 0 spiro atoms. The lowest BCUT2D eigenvalue weighted by Gasteiger charge is -2.07. The molecular formula is C18H16N4O3. The largest absolute Gasteiger partial charge is 0.467 e. The highest BCUT2D eigenvalue weighted by atomic mass is 16.3. The fraction of sp³-hybridized carbons (Fsp3) is 0.111. The van der Waals surface area contributed by atoms with Crippen LogP contribution in [0, 0.1) is 0 Å². The number of pyridine rings is 2. The van der Waals surface area contributed by atoms with Gasteiger partial charge in [0, 0.05) is 30.7 Å². The molecule has 0 atom stereocenters. The minimum Gasteiger partial charge on any atom is -0.467 e. The number of nitrogens with zero attached hydrogens (tertiary/aromatic N) is 2. The smallest absolute Gasteiger partial charge is 0.270 e. The lowest BCUT2D eigenvalue weighted by atomic mass is 10.2. The number of carbonyl (C=O) groups is 2. The average molecular weight is 336 g/mol. The molecule has 0 aliphatic carbocycles. The quantitative estimate of drug-likeness (QED) is 0.717. The Kier molecular flexibility index (Phi) is 5.16. The summed E-state index contributed by atoms with van der Waals surface area (Å²) in [6.45, 7) is 0.635. The van der Waals surface area contributed by atoms with Crippen LogP contribution >= 0.6 is 0 Å². The van der Waals surface area contributed by atoms with E-state index in [9.17, 15) is 9.59 Å². The molecule has 3 aromatic rings. The molecule has 126 valence electrons. The van der Waals surface area contributed by atoms with Crippen LogP contribution in [0.5, 0.6) is 0 Å². The summed E-state index contributed by atoms with van der Waals surface area (Å²) in [5.41, 5.74) is 1.48. The molecular weight excluding hydrogens is 320 g/mol. The minimum absolute atomic E-state index is 0.170. The molecule has 2 amide bonds. The minimum atomic E-state index is -0.375. The van der Waals surface area contributed by atoms with Crippen LogP contribution in [0.2, 0.25) is 0 Å². The predicted molar refractivity (Wildman–Crippen MR) is 89.5 cm³/mol. The fourth-order valence-corrected chi connectivity index (χ4v) is 2.15. The summed E-state index contributed by atoms with van der Waals surface area (Å²) in [5.74, 6) is -0.0147. The molecule has 0 unspecified atom stereocenters. The first-order valence-electron chi connectivity index (χ1n) is 7.66. The highest BCUT2D eigenvalue weighted by Crippen LogP contribution is 2.05. The van der Waals surface area contributed by atoms with E-state index in [0.717, 1.165) is 5.56 Å². The van der Waals surface area contributed by atoms with Crippen molar-refractivity contribution in [2.45, 2.75) is 13.1 Å². The Hall–Kier alpha value is -3.48. The molecule has 0 saturated heterocycles. The summed E-state index contributed by atoms with van der Waals surface area (Å²) in [5, 5.41) is 5.49. The van der Waals surface area contributed by atoms with Crippen molar-refractivity contribution >= 4 is 11.8 Å². The molecule has 3 aromatic heterocycles. The van der Waals surface area contributed by atoms with Gasteiger partial charge in [0.05, 0.1) is 12.8 Å². The molecule has 0 fully saturated rings. The van der Waals surface area contributed by atoms with Crippen LogP contribution in [-0.2, 0) is 13.1 Å².